The van der Waals surface area contributed by atoms with Crippen molar-refractivity contribution in [2.24, 2.45) is 0 Å². The van der Waals surface area contributed by atoms with E-state index in [1.165, 1.54) is 33.2 Å². The molecule has 1 saturated carbocycles. The summed E-state index contributed by atoms with van der Waals surface area (Å²) in [6.07, 6.45) is 2.66. The maximum atomic E-state index is 12.4. The number of esters is 1. The molecule has 2 N–H and O–H groups in total. The number of hydrogen-bond donors (Lipinski definition) is 2. The third-order valence-electron chi connectivity index (χ3n) is 4.89. The summed E-state index contributed by atoms with van der Waals surface area (Å²) in [4.78, 5) is 24.7. The Morgan fingerprint density at radius 3 is 2.45 bits per heavy atom. The molecule has 0 unspecified atom stereocenters. The Labute approximate surface area is 170 Å². The monoisotopic (exact) mass is 423 g/mol. The van der Waals surface area contributed by atoms with Crippen LogP contribution in [0, 0.1) is 11.3 Å². The third-order valence-corrected chi connectivity index (χ3v) is 6.33. The lowest BCUT2D eigenvalue weighted by Crippen LogP contribution is -2.52. The van der Waals surface area contributed by atoms with Crippen LogP contribution in [0.3, 0.4) is 0 Å². The average molecular weight is 423 g/mol. The zero-order chi connectivity index (χ0) is 21.7. The number of ether oxygens (including phenoxy) is 2. The van der Waals surface area contributed by atoms with Crippen LogP contribution >= 0.6 is 0 Å². The number of carbonyl (C=O) groups excluding carboxylic acids is 2. The topological polar surface area (TPSA) is 135 Å². The lowest BCUT2D eigenvalue weighted by atomic mass is 9.83. The Balaban J connectivity index is 2.14. The number of rotatable bonds is 7. The van der Waals surface area contributed by atoms with Gasteiger partial charge in [0, 0.05) is 0 Å². The summed E-state index contributed by atoms with van der Waals surface area (Å²) in [6.45, 7) is 1.40. The van der Waals surface area contributed by atoms with Crippen LogP contribution in [-0.2, 0) is 19.6 Å². The number of amides is 1. The van der Waals surface area contributed by atoms with E-state index >= 15 is 0 Å². The van der Waals surface area contributed by atoms with E-state index in [9.17, 15) is 23.3 Å². The molecule has 0 radical (unpaired) electrons. The normalized spacial score (nSPS) is 16.9. The molecule has 1 atom stereocenters. The van der Waals surface area contributed by atoms with Crippen LogP contribution in [-0.4, -0.2) is 46.1 Å². The maximum Gasteiger partial charge on any atom is 0.338 e. The van der Waals surface area contributed by atoms with Gasteiger partial charge in [0.25, 0.3) is 5.91 Å². The first kappa shape index (κ1) is 22.6. The van der Waals surface area contributed by atoms with E-state index in [0.717, 1.165) is 25.3 Å². The van der Waals surface area contributed by atoms with E-state index < -0.39 is 33.5 Å². The fourth-order valence-electron chi connectivity index (χ4n) is 3.16. The van der Waals surface area contributed by atoms with Crippen molar-refractivity contribution < 1.29 is 27.5 Å². The van der Waals surface area contributed by atoms with Gasteiger partial charge in [-0.05, 0) is 45.0 Å². The predicted octanol–water partition coefficient (Wildman–Crippen LogP) is 1.49. The zero-order valence-corrected chi connectivity index (χ0v) is 17.5. The summed E-state index contributed by atoms with van der Waals surface area (Å²) in [7, 11) is -1.32. The number of nitrogens with zero attached hydrogens (tertiary/aromatic N) is 1. The van der Waals surface area contributed by atoms with Crippen LogP contribution in [0.4, 0.5) is 0 Å². The molecule has 1 aliphatic carbocycles. The molecule has 158 valence electrons. The first-order chi connectivity index (χ1) is 13.7. The Kier molecular flexibility index (Phi) is 7.21. The van der Waals surface area contributed by atoms with Crippen LogP contribution in [0.25, 0.3) is 0 Å². The van der Waals surface area contributed by atoms with Crippen LogP contribution in [0.2, 0.25) is 0 Å². The van der Waals surface area contributed by atoms with Gasteiger partial charge in [-0.15, -0.1) is 0 Å². The van der Waals surface area contributed by atoms with Gasteiger partial charge in [0.15, 0.2) is 6.10 Å². The first-order valence-corrected chi connectivity index (χ1v) is 10.7. The highest BCUT2D eigenvalue weighted by Crippen LogP contribution is 2.28. The summed E-state index contributed by atoms with van der Waals surface area (Å²) in [5, 5.41) is 12.2. The summed E-state index contributed by atoms with van der Waals surface area (Å²) < 4.78 is 36.7. The molecule has 0 heterocycles. The molecular weight excluding hydrogens is 398 g/mol. The van der Waals surface area contributed by atoms with E-state index in [4.69, 9.17) is 9.47 Å². The van der Waals surface area contributed by atoms with Crippen LogP contribution in [0.1, 0.15) is 49.4 Å². The van der Waals surface area contributed by atoms with Gasteiger partial charge in [0.2, 0.25) is 10.0 Å². The van der Waals surface area contributed by atoms with Gasteiger partial charge in [-0.3, -0.25) is 4.79 Å². The molecule has 10 heteroatoms. The molecule has 0 spiro atoms. The van der Waals surface area contributed by atoms with Crippen LogP contribution in [0.5, 0.6) is 5.75 Å². The number of methoxy groups -OCH3 is 1. The van der Waals surface area contributed by atoms with Gasteiger partial charge in [0.1, 0.15) is 16.2 Å². The molecule has 0 bridgehead atoms. The Bertz CT molecular complexity index is 916. The maximum absolute atomic E-state index is 12.4. The zero-order valence-electron chi connectivity index (χ0n) is 16.6. The van der Waals surface area contributed by atoms with Crippen molar-refractivity contribution in [1.82, 2.24) is 10.0 Å². The minimum Gasteiger partial charge on any atom is -0.495 e. The molecule has 29 heavy (non-hydrogen) atoms. The highest BCUT2D eigenvalue weighted by Gasteiger charge is 2.35. The molecule has 1 amide bonds. The molecule has 0 aliphatic heterocycles. The number of sulfonamides is 1. The third kappa shape index (κ3) is 5.25. The molecule has 2 rings (SSSR count). The van der Waals surface area contributed by atoms with Gasteiger partial charge in [-0.25, -0.2) is 17.9 Å². The van der Waals surface area contributed by atoms with Crippen molar-refractivity contribution in [2.75, 3.05) is 14.2 Å². The van der Waals surface area contributed by atoms with Crippen LogP contribution in [0.15, 0.2) is 23.1 Å². The fraction of sp³-hybridized carbons (Fsp3) is 0.526. The van der Waals surface area contributed by atoms with Crippen molar-refractivity contribution in [3.8, 4) is 11.8 Å². The fourth-order valence-corrected chi connectivity index (χ4v) is 4.08. The average Bonchev–Trinajstić information content (AvgIpc) is 2.73. The quantitative estimate of drug-likeness (QED) is 0.634. The summed E-state index contributed by atoms with van der Waals surface area (Å²) in [5.74, 6) is -1.37. The second-order valence-electron chi connectivity index (χ2n) is 6.86. The Morgan fingerprint density at radius 2 is 1.90 bits per heavy atom. The Hall–Kier alpha value is -2.64. The number of benzene rings is 1. The van der Waals surface area contributed by atoms with Crippen LogP contribution < -0.4 is 14.8 Å². The van der Waals surface area contributed by atoms with Crippen molar-refractivity contribution in [3.05, 3.63) is 23.8 Å². The Morgan fingerprint density at radius 1 is 1.24 bits per heavy atom. The summed E-state index contributed by atoms with van der Waals surface area (Å²) in [5.41, 5.74) is -0.989. The van der Waals surface area contributed by atoms with Gasteiger partial charge < -0.3 is 14.8 Å². The second kappa shape index (κ2) is 9.24. The van der Waals surface area contributed by atoms with Gasteiger partial charge in [-0.1, -0.05) is 19.3 Å². The predicted molar refractivity (Wildman–Crippen MR) is 104 cm³/mol. The van der Waals surface area contributed by atoms with E-state index in [2.05, 4.69) is 16.1 Å². The SMILES string of the molecule is CNS(=O)(=O)c1cc(C(=O)O[C@H](C)C(=O)NC2(C#N)CCCCC2)ccc1OC. The van der Waals surface area contributed by atoms with E-state index in [-0.39, 0.29) is 16.2 Å². The number of carbonyl (C=O) groups is 2. The highest BCUT2D eigenvalue weighted by atomic mass is 32.2. The molecular formula is C19H25N3O6S. The lowest BCUT2D eigenvalue weighted by Gasteiger charge is -2.32. The number of nitrogens with one attached hydrogen (secondary N) is 2. The molecule has 9 nitrogen and oxygen atoms in total. The standard InChI is InChI=1S/C19H25N3O6S/c1-13(17(23)22-19(12-20)9-5-4-6-10-19)28-18(24)14-7-8-15(27-3)16(11-14)29(25,26)21-2/h7-8,11,13,21H,4-6,9-10H2,1-3H3,(H,22,23)/t13-/m1/s1. The van der Waals surface area contributed by atoms with Crippen molar-refractivity contribution in [3.63, 3.8) is 0 Å². The van der Waals surface area contributed by atoms with Gasteiger partial charge in [-0.2, -0.15) is 5.26 Å². The molecule has 1 aliphatic rings. The summed E-state index contributed by atoms with van der Waals surface area (Å²) in [6, 6.07) is 5.97. The largest absolute Gasteiger partial charge is 0.495 e. The molecule has 0 aromatic heterocycles. The van der Waals surface area contributed by atoms with Crippen molar-refractivity contribution >= 4 is 21.9 Å². The summed E-state index contributed by atoms with van der Waals surface area (Å²) >= 11 is 0. The number of hydrogen-bond acceptors (Lipinski definition) is 7. The van der Waals surface area contributed by atoms with Gasteiger partial charge >= 0.3 is 5.97 Å². The first-order valence-electron chi connectivity index (χ1n) is 9.24. The lowest BCUT2D eigenvalue weighted by molar-refractivity contribution is -0.130. The minimum absolute atomic E-state index is 0.0491. The highest BCUT2D eigenvalue weighted by molar-refractivity contribution is 7.89. The molecule has 1 fully saturated rings. The second-order valence-corrected chi connectivity index (χ2v) is 8.72. The molecule has 1 aromatic carbocycles. The van der Waals surface area contributed by atoms with Crippen molar-refractivity contribution in [2.45, 2.75) is 55.6 Å². The van der Waals surface area contributed by atoms with Crippen molar-refractivity contribution in [1.29, 1.82) is 5.26 Å². The minimum atomic E-state index is -3.87. The molecule has 0 saturated heterocycles. The van der Waals surface area contributed by atoms with E-state index in [1.807, 2.05) is 0 Å². The molecule has 1 aromatic rings. The smallest absolute Gasteiger partial charge is 0.338 e. The van der Waals surface area contributed by atoms with E-state index in [1.54, 1.807) is 0 Å². The van der Waals surface area contributed by atoms with E-state index in [0.29, 0.717) is 12.8 Å². The van der Waals surface area contributed by atoms with Gasteiger partial charge in [0.05, 0.1) is 18.7 Å². The number of nitriles is 1.